The smallest absolute Gasteiger partial charge is 0.119 e. The first-order valence-corrected chi connectivity index (χ1v) is 10.1. The zero-order valence-corrected chi connectivity index (χ0v) is 17.2. The Labute approximate surface area is 141 Å². The zero-order chi connectivity index (χ0) is 15.6. The molecule has 0 aliphatic heterocycles. The number of rotatable bonds is 12. The molecule has 0 saturated carbocycles. The van der Waals surface area contributed by atoms with Crippen LogP contribution >= 0.6 is 40.1 Å². The summed E-state index contributed by atoms with van der Waals surface area (Å²) in [4.78, 5) is 0. The van der Waals surface area contributed by atoms with Crippen molar-refractivity contribution >= 4 is 40.1 Å². The van der Waals surface area contributed by atoms with Crippen LogP contribution in [0.2, 0.25) is 0 Å². The van der Waals surface area contributed by atoms with Crippen LogP contribution in [-0.2, 0) is 13.6 Å². The molecule has 0 saturated heterocycles. The van der Waals surface area contributed by atoms with Crippen LogP contribution in [0.4, 0.5) is 0 Å². The minimum atomic E-state index is -2.00. The molecule has 0 radical (unpaired) electrons. The Balaban J connectivity index is 3.85. The normalized spacial score (nSPS) is 12.7. The van der Waals surface area contributed by atoms with Crippen LogP contribution in [0.25, 0.3) is 0 Å². The lowest BCUT2D eigenvalue weighted by atomic mass is 10.00. The summed E-state index contributed by atoms with van der Waals surface area (Å²) in [6, 6.07) is 0. The molecule has 3 nitrogen and oxygen atoms in total. The molecule has 0 aliphatic rings. The van der Waals surface area contributed by atoms with Gasteiger partial charge in [-0.1, -0.05) is 59.6 Å². The maximum atomic E-state index is 11.6. The molecule has 0 atom stereocenters. The van der Waals surface area contributed by atoms with Crippen LogP contribution in [0.15, 0.2) is 0 Å². The van der Waals surface area contributed by atoms with E-state index in [0.717, 1.165) is 38.5 Å². The molecule has 0 rings (SSSR count). The number of alkyl halides is 2. The molecule has 20 heavy (non-hydrogen) atoms. The van der Waals surface area contributed by atoms with E-state index in [2.05, 4.69) is 59.6 Å². The largest absolute Gasteiger partial charge is 0.697 e. The van der Waals surface area contributed by atoms with Gasteiger partial charge in [-0.2, -0.15) is 0 Å². The molecular weight excluding hydrogens is 407 g/mol. The van der Waals surface area contributed by atoms with E-state index in [1.165, 1.54) is 0 Å². The number of halogens is 2. The van der Waals surface area contributed by atoms with Crippen LogP contribution in [0.5, 0.6) is 0 Å². The summed E-state index contributed by atoms with van der Waals surface area (Å²) in [6.07, 6.45) is 5.81. The second-order valence-electron chi connectivity index (χ2n) is 5.11. The summed E-state index contributed by atoms with van der Waals surface area (Å²) in [7, 11) is -2.00. The van der Waals surface area contributed by atoms with Gasteiger partial charge >= 0.3 is 8.25 Å². The molecule has 0 spiro atoms. The van der Waals surface area contributed by atoms with Gasteiger partial charge in [-0.15, -0.1) is 9.05 Å². The fourth-order valence-electron chi connectivity index (χ4n) is 1.85. The average molecular weight is 435 g/mol. The third-order valence-electron chi connectivity index (χ3n) is 4.03. The van der Waals surface area contributed by atoms with Crippen LogP contribution in [0, 0.1) is 0 Å². The molecule has 0 heterocycles. The quantitative estimate of drug-likeness (QED) is 0.264. The van der Waals surface area contributed by atoms with Crippen molar-refractivity contribution in [3.63, 3.8) is 0 Å². The standard InChI is InChI=1S/C14H28Br2O3P/c1-5-13(15,6-2)9-11-18-20(17)19-12-10-14(16,7-3)8-4/h5-12H2,1-4H3/q+1. The highest BCUT2D eigenvalue weighted by Crippen LogP contribution is 2.34. The Hall–Kier alpha value is 0.980. The molecule has 0 unspecified atom stereocenters. The van der Waals surface area contributed by atoms with Crippen molar-refractivity contribution in [1.82, 2.24) is 0 Å². The third-order valence-corrected chi connectivity index (χ3v) is 7.85. The van der Waals surface area contributed by atoms with Gasteiger partial charge in [0.1, 0.15) is 13.2 Å². The van der Waals surface area contributed by atoms with Crippen LogP contribution in [0.1, 0.15) is 66.2 Å². The third kappa shape index (κ3) is 8.43. The molecule has 0 aromatic heterocycles. The van der Waals surface area contributed by atoms with Gasteiger partial charge in [0.05, 0.1) is 0 Å². The maximum absolute atomic E-state index is 11.6. The van der Waals surface area contributed by atoms with E-state index in [4.69, 9.17) is 9.05 Å². The molecule has 0 aliphatic carbocycles. The maximum Gasteiger partial charge on any atom is 0.697 e. The highest BCUT2D eigenvalue weighted by atomic mass is 79.9. The molecule has 120 valence electrons. The van der Waals surface area contributed by atoms with Gasteiger partial charge in [0.25, 0.3) is 0 Å². The predicted molar refractivity (Wildman–Crippen MR) is 93.2 cm³/mol. The van der Waals surface area contributed by atoms with E-state index < -0.39 is 8.25 Å². The van der Waals surface area contributed by atoms with Crippen molar-refractivity contribution in [3.05, 3.63) is 0 Å². The van der Waals surface area contributed by atoms with E-state index >= 15 is 0 Å². The van der Waals surface area contributed by atoms with Crippen molar-refractivity contribution in [2.75, 3.05) is 13.2 Å². The fourth-order valence-corrected chi connectivity index (χ4v) is 2.73. The van der Waals surface area contributed by atoms with Gasteiger partial charge in [0.2, 0.25) is 0 Å². The topological polar surface area (TPSA) is 35.5 Å². The van der Waals surface area contributed by atoms with Gasteiger partial charge < -0.3 is 0 Å². The van der Waals surface area contributed by atoms with Crippen LogP contribution in [0.3, 0.4) is 0 Å². The number of hydrogen-bond acceptors (Lipinski definition) is 3. The minimum Gasteiger partial charge on any atom is -0.119 e. The first-order chi connectivity index (χ1) is 9.34. The van der Waals surface area contributed by atoms with E-state index in [1.807, 2.05) is 0 Å². The van der Waals surface area contributed by atoms with Crippen molar-refractivity contribution in [2.45, 2.75) is 74.9 Å². The highest BCUT2D eigenvalue weighted by molar-refractivity contribution is 9.10. The lowest BCUT2D eigenvalue weighted by Crippen LogP contribution is -2.20. The van der Waals surface area contributed by atoms with Crippen molar-refractivity contribution in [3.8, 4) is 0 Å². The molecule has 0 aromatic rings. The minimum absolute atomic E-state index is 0.0958. The van der Waals surface area contributed by atoms with Gasteiger partial charge in [-0.3, -0.25) is 0 Å². The summed E-state index contributed by atoms with van der Waals surface area (Å²) in [6.45, 7) is 9.48. The lowest BCUT2D eigenvalue weighted by Gasteiger charge is -2.23. The Kier molecular flexibility index (Phi) is 11.2. The van der Waals surface area contributed by atoms with E-state index in [0.29, 0.717) is 13.2 Å². The molecule has 0 fully saturated rings. The Morgan fingerprint density at radius 3 is 1.35 bits per heavy atom. The van der Waals surface area contributed by atoms with Crippen molar-refractivity contribution < 1.29 is 13.6 Å². The van der Waals surface area contributed by atoms with Gasteiger partial charge in [-0.05, 0) is 38.5 Å². The van der Waals surface area contributed by atoms with Crippen molar-refractivity contribution in [2.24, 2.45) is 0 Å². The fraction of sp³-hybridized carbons (Fsp3) is 1.00. The van der Waals surface area contributed by atoms with Gasteiger partial charge in [0, 0.05) is 13.2 Å². The van der Waals surface area contributed by atoms with E-state index in [-0.39, 0.29) is 8.65 Å². The number of hydrogen-bond donors (Lipinski definition) is 0. The van der Waals surface area contributed by atoms with E-state index in [1.54, 1.807) is 0 Å². The Morgan fingerprint density at radius 1 is 0.800 bits per heavy atom. The average Bonchev–Trinajstić information content (AvgIpc) is 2.46. The van der Waals surface area contributed by atoms with Gasteiger partial charge in [-0.25, -0.2) is 0 Å². The second-order valence-corrected chi connectivity index (χ2v) is 9.43. The summed E-state index contributed by atoms with van der Waals surface area (Å²) in [5.74, 6) is 0. The molecule has 0 N–H and O–H groups in total. The summed E-state index contributed by atoms with van der Waals surface area (Å²) in [5.41, 5.74) is 0. The molecule has 0 amide bonds. The first kappa shape index (κ1) is 21.0. The van der Waals surface area contributed by atoms with Crippen molar-refractivity contribution in [1.29, 1.82) is 0 Å². The van der Waals surface area contributed by atoms with Crippen LogP contribution in [-0.4, -0.2) is 21.9 Å². The van der Waals surface area contributed by atoms with Crippen LogP contribution < -0.4 is 0 Å². The monoisotopic (exact) mass is 433 g/mol. The second kappa shape index (κ2) is 10.7. The highest BCUT2D eigenvalue weighted by Gasteiger charge is 2.28. The van der Waals surface area contributed by atoms with E-state index in [9.17, 15) is 4.57 Å². The SMILES string of the molecule is CCC(Br)(CC)CCO[P+](=O)OCCC(Br)(CC)CC. The molecule has 0 bridgehead atoms. The summed E-state index contributed by atoms with van der Waals surface area (Å²) < 4.78 is 22.4. The Bertz CT molecular complexity index is 254. The summed E-state index contributed by atoms with van der Waals surface area (Å²) in [5, 5.41) is 0. The molecule has 0 aromatic carbocycles. The van der Waals surface area contributed by atoms with Gasteiger partial charge in [0.15, 0.2) is 0 Å². The Morgan fingerprint density at radius 2 is 1.10 bits per heavy atom. The first-order valence-electron chi connectivity index (χ1n) is 7.45. The predicted octanol–water partition coefficient (Wildman–Crippen LogP) is 6.36. The molecular formula is C14H28Br2O3P+. The molecule has 6 heteroatoms. The summed E-state index contributed by atoms with van der Waals surface area (Å²) >= 11 is 7.42. The zero-order valence-electron chi connectivity index (χ0n) is 13.1. The lowest BCUT2D eigenvalue weighted by molar-refractivity contribution is 0.208.